The lowest BCUT2D eigenvalue weighted by Crippen LogP contribution is -2.22. The van der Waals surface area contributed by atoms with Gasteiger partial charge in [0.2, 0.25) is 0 Å². The van der Waals surface area contributed by atoms with Crippen molar-refractivity contribution in [2.45, 2.75) is 54.2 Å². The van der Waals surface area contributed by atoms with Crippen molar-refractivity contribution in [2.75, 3.05) is 11.4 Å². The summed E-state index contributed by atoms with van der Waals surface area (Å²) in [6.45, 7) is 5.13. The van der Waals surface area contributed by atoms with Gasteiger partial charge in [0.1, 0.15) is 0 Å². The summed E-state index contributed by atoms with van der Waals surface area (Å²) in [5.41, 5.74) is 4.29. The Morgan fingerprint density at radius 3 is 2.48 bits per heavy atom. The topological polar surface area (TPSA) is 61.8 Å². The summed E-state index contributed by atoms with van der Waals surface area (Å²) in [5.74, 6) is 0. The highest BCUT2D eigenvalue weighted by molar-refractivity contribution is 7.99. The number of para-hydroxylation sites is 1. The number of fused-ring (bicyclic) bond motifs is 2. The highest BCUT2D eigenvalue weighted by Crippen LogP contribution is 2.48. The lowest BCUT2D eigenvalue weighted by Gasteiger charge is -2.33. The second-order valence-corrected chi connectivity index (χ2v) is 10.9. The molecule has 1 heterocycles. The number of hydrazone groups is 1. The van der Waals surface area contributed by atoms with Crippen molar-refractivity contribution < 1.29 is 8.42 Å². The molecule has 1 aliphatic heterocycles. The first kappa shape index (κ1) is 23.4. The van der Waals surface area contributed by atoms with Crippen LogP contribution >= 0.6 is 11.8 Å². The Morgan fingerprint density at radius 2 is 1.70 bits per heavy atom. The number of sulfonamides is 1. The highest BCUT2D eigenvalue weighted by Gasteiger charge is 2.23. The highest BCUT2D eigenvalue weighted by atomic mass is 32.2. The van der Waals surface area contributed by atoms with Crippen LogP contribution in [-0.4, -0.2) is 21.2 Å². The zero-order valence-electron chi connectivity index (χ0n) is 19.0. The lowest BCUT2D eigenvalue weighted by atomic mass is 10.1. The van der Waals surface area contributed by atoms with Crippen LogP contribution in [0.4, 0.5) is 11.4 Å². The number of rotatable bonds is 9. The molecule has 33 heavy (non-hydrogen) atoms. The first-order valence-electron chi connectivity index (χ1n) is 11.3. The van der Waals surface area contributed by atoms with Gasteiger partial charge in [-0.15, -0.1) is 0 Å². The van der Waals surface area contributed by atoms with Crippen molar-refractivity contribution in [3.8, 4) is 0 Å². The minimum absolute atomic E-state index is 0.196. The van der Waals surface area contributed by atoms with E-state index < -0.39 is 10.0 Å². The number of unbranched alkanes of at least 4 members (excludes halogenated alkanes) is 3. The maximum absolute atomic E-state index is 12.5. The quantitative estimate of drug-likeness (QED) is 0.216. The summed E-state index contributed by atoms with van der Waals surface area (Å²) in [4.78, 5) is 7.29. The number of nitrogens with one attached hydrogen (secondary N) is 1. The predicted molar refractivity (Wildman–Crippen MR) is 137 cm³/mol. The van der Waals surface area contributed by atoms with Gasteiger partial charge in [-0.1, -0.05) is 73.8 Å². The zero-order chi connectivity index (χ0) is 23.3. The molecule has 172 valence electrons. The molecular formula is C26H29N3O2S2. The van der Waals surface area contributed by atoms with Gasteiger partial charge in [0, 0.05) is 16.3 Å². The molecule has 1 aliphatic rings. The van der Waals surface area contributed by atoms with Crippen LogP contribution in [0.15, 0.2) is 86.5 Å². The average Bonchev–Trinajstić information content (AvgIpc) is 2.81. The molecule has 0 radical (unpaired) electrons. The molecule has 7 heteroatoms. The van der Waals surface area contributed by atoms with E-state index in [1.165, 1.54) is 35.5 Å². The third kappa shape index (κ3) is 5.60. The summed E-state index contributed by atoms with van der Waals surface area (Å²) in [5, 5.41) is 4.01. The van der Waals surface area contributed by atoms with Crippen LogP contribution in [-0.2, 0) is 10.0 Å². The van der Waals surface area contributed by atoms with Crippen molar-refractivity contribution in [3.05, 3.63) is 77.9 Å². The smallest absolute Gasteiger partial charge is 0.276 e. The SMILES string of the molecule is CCCCCCN1c2ccccc2Sc2cc(/C=N/NS(=O)(=O)c3ccc(C)cc3)ccc21. The first-order valence-corrected chi connectivity index (χ1v) is 13.6. The van der Waals surface area contributed by atoms with Crippen LogP contribution in [0.5, 0.6) is 0 Å². The number of benzene rings is 3. The van der Waals surface area contributed by atoms with E-state index in [0.29, 0.717) is 0 Å². The van der Waals surface area contributed by atoms with Gasteiger partial charge in [-0.3, -0.25) is 0 Å². The van der Waals surface area contributed by atoms with E-state index in [2.05, 4.69) is 58.2 Å². The van der Waals surface area contributed by atoms with Crippen LogP contribution in [0.25, 0.3) is 0 Å². The molecule has 0 amide bonds. The van der Waals surface area contributed by atoms with Crippen LogP contribution in [0.2, 0.25) is 0 Å². The molecule has 0 unspecified atom stereocenters. The van der Waals surface area contributed by atoms with Crippen molar-refractivity contribution in [1.29, 1.82) is 0 Å². The third-order valence-electron chi connectivity index (χ3n) is 5.60. The molecule has 0 aliphatic carbocycles. The minimum Gasteiger partial charge on any atom is -0.340 e. The van der Waals surface area contributed by atoms with Crippen molar-refractivity contribution in [1.82, 2.24) is 4.83 Å². The van der Waals surface area contributed by atoms with E-state index in [0.717, 1.165) is 29.0 Å². The number of hydrogen-bond donors (Lipinski definition) is 1. The molecular weight excluding hydrogens is 450 g/mol. The summed E-state index contributed by atoms with van der Waals surface area (Å²) in [6.07, 6.45) is 6.41. The summed E-state index contributed by atoms with van der Waals surface area (Å²) >= 11 is 1.74. The number of nitrogens with zero attached hydrogens (tertiary/aromatic N) is 2. The Morgan fingerprint density at radius 1 is 0.939 bits per heavy atom. The molecule has 0 saturated heterocycles. The first-order chi connectivity index (χ1) is 16.0. The molecule has 5 nitrogen and oxygen atoms in total. The summed E-state index contributed by atoms with van der Waals surface area (Å²) in [6, 6.07) is 21.3. The van der Waals surface area contributed by atoms with Crippen molar-refractivity contribution in [2.24, 2.45) is 5.10 Å². The molecule has 0 aromatic heterocycles. The van der Waals surface area contributed by atoms with E-state index in [1.54, 1.807) is 42.2 Å². The predicted octanol–water partition coefficient (Wildman–Crippen LogP) is 6.49. The van der Waals surface area contributed by atoms with Crippen LogP contribution in [0.3, 0.4) is 0 Å². The normalized spacial score (nSPS) is 13.1. The maximum Gasteiger partial charge on any atom is 0.276 e. The van der Waals surface area contributed by atoms with Gasteiger partial charge in [0.25, 0.3) is 10.0 Å². The Hall–Kier alpha value is -2.77. The Labute approximate surface area is 201 Å². The molecule has 0 bridgehead atoms. The van der Waals surface area contributed by atoms with Crippen LogP contribution in [0, 0.1) is 6.92 Å². The molecule has 0 saturated carbocycles. The molecule has 0 spiro atoms. The van der Waals surface area contributed by atoms with Gasteiger partial charge in [-0.25, -0.2) is 4.83 Å². The van der Waals surface area contributed by atoms with Gasteiger partial charge < -0.3 is 4.90 Å². The van der Waals surface area contributed by atoms with Crippen LogP contribution < -0.4 is 9.73 Å². The second kappa shape index (κ2) is 10.4. The average molecular weight is 480 g/mol. The standard InChI is InChI=1S/C26H29N3O2S2/c1-3-4-5-8-17-29-23-9-6-7-10-25(23)32-26-18-21(13-16-24(26)29)19-27-28-33(30,31)22-14-11-20(2)12-15-22/h6-7,9-16,18-19,28H,3-5,8,17H2,1-2H3/b27-19+. The summed E-state index contributed by atoms with van der Waals surface area (Å²) in [7, 11) is -3.69. The summed E-state index contributed by atoms with van der Waals surface area (Å²) < 4.78 is 24.9. The maximum atomic E-state index is 12.5. The van der Waals surface area contributed by atoms with Gasteiger partial charge in [-0.05, 0) is 55.3 Å². The van der Waals surface area contributed by atoms with E-state index >= 15 is 0 Å². The Balaban J connectivity index is 1.52. The van der Waals surface area contributed by atoms with Crippen molar-refractivity contribution in [3.63, 3.8) is 0 Å². The number of aryl methyl sites for hydroxylation is 1. The zero-order valence-corrected chi connectivity index (χ0v) is 20.6. The number of anilines is 2. The van der Waals surface area contributed by atoms with Gasteiger partial charge >= 0.3 is 0 Å². The molecule has 3 aromatic carbocycles. The molecule has 0 fully saturated rings. The van der Waals surface area contributed by atoms with E-state index in [4.69, 9.17) is 0 Å². The Kier molecular flexibility index (Phi) is 7.40. The lowest BCUT2D eigenvalue weighted by molar-refractivity contribution is 0.584. The molecule has 4 rings (SSSR count). The van der Waals surface area contributed by atoms with E-state index in [1.807, 2.05) is 13.0 Å². The number of hydrogen-bond acceptors (Lipinski definition) is 5. The molecule has 1 N–H and O–H groups in total. The van der Waals surface area contributed by atoms with E-state index in [9.17, 15) is 8.42 Å². The van der Waals surface area contributed by atoms with Gasteiger partial charge in [0.15, 0.2) is 0 Å². The second-order valence-electron chi connectivity index (χ2n) is 8.18. The third-order valence-corrected chi connectivity index (χ3v) is 7.95. The van der Waals surface area contributed by atoms with Crippen molar-refractivity contribution >= 4 is 39.4 Å². The van der Waals surface area contributed by atoms with Crippen LogP contribution in [0.1, 0.15) is 43.7 Å². The fourth-order valence-corrected chi connectivity index (χ4v) is 5.74. The van der Waals surface area contributed by atoms with E-state index in [-0.39, 0.29) is 4.90 Å². The molecule has 3 aromatic rings. The Bertz CT molecular complexity index is 1240. The fraction of sp³-hybridized carbons (Fsp3) is 0.269. The van der Waals surface area contributed by atoms with Gasteiger partial charge in [0.05, 0.1) is 22.5 Å². The monoisotopic (exact) mass is 479 g/mol. The largest absolute Gasteiger partial charge is 0.340 e. The fourth-order valence-electron chi connectivity index (χ4n) is 3.81. The minimum atomic E-state index is -3.69. The van der Waals surface area contributed by atoms with Gasteiger partial charge in [-0.2, -0.15) is 13.5 Å². The molecule has 0 atom stereocenters.